The van der Waals surface area contributed by atoms with E-state index in [-0.39, 0.29) is 12.2 Å². The van der Waals surface area contributed by atoms with Crippen LogP contribution in [0.15, 0.2) is 12.1 Å². The van der Waals surface area contributed by atoms with E-state index in [2.05, 4.69) is 5.32 Å². The number of rotatable bonds is 4. The van der Waals surface area contributed by atoms with Crippen molar-refractivity contribution < 1.29 is 23.8 Å². The number of halogens is 2. The summed E-state index contributed by atoms with van der Waals surface area (Å²) < 4.78 is 26.9. The molecule has 2 atom stereocenters. The van der Waals surface area contributed by atoms with E-state index in [0.717, 1.165) is 12.1 Å². The Bertz CT molecular complexity index is 454. The zero-order valence-electron chi connectivity index (χ0n) is 9.65. The molecule has 5 N–H and O–H groups in total. The molecule has 0 saturated heterocycles. The minimum absolute atomic E-state index is 0.329. The first-order valence-corrected chi connectivity index (χ1v) is 5.18. The van der Waals surface area contributed by atoms with Gasteiger partial charge in [-0.15, -0.1) is 0 Å². The van der Waals surface area contributed by atoms with Gasteiger partial charge in [-0.25, -0.2) is 8.78 Å². The summed E-state index contributed by atoms with van der Waals surface area (Å²) in [5.74, 6) is -2.57. The Morgan fingerprint density at radius 1 is 1.44 bits per heavy atom. The molecule has 2 unspecified atom stereocenters. The van der Waals surface area contributed by atoms with Crippen LogP contribution in [0.5, 0.6) is 0 Å². The number of carbonyl (C=O) groups is 1. The van der Waals surface area contributed by atoms with Crippen molar-refractivity contribution in [3.05, 3.63) is 29.3 Å². The number of anilines is 1. The molecular weight excluding hydrogens is 246 g/mol. The predicted octanol–water partition coefficient (Wildman–Crippen LogP) is 0.0774. The van der Waals surface area contributed by atoms with Crippen molar-refractivity contribution in [3.63, 3.8) is 0 Å². The average molecular weight is 260 g/mol. The molecule has 1 aromatic rings. The van der Waals surface area contributed by atoms with Crippen molar-refractivity contribution in [1.82, 2.24) is 5.32 Å². The Morgan fingerprint density at radius 2 is 2.06 bits per heavy atom. The monoisotopic (exact) mass is 260 g/mol. The fourth-order valence-corrected chi connectivity index (χ4v) is 1.41. The number of nitrogen functional groups attached to an aromatic ring is 1. The highest BCUT2D eigenvalue weighted by Gasteiger charge is 2.26. The molecule has 100 valence electrons. The van der Waals surface area contributed by atoms with E-state index in [4.69, 9.17) is 5.73 Å². The highest BCUT2D eigenvalue weighted by Crippen LogP contribution is 2.26. The summed E-state index contributed by atoms with van der Waals surface area (Å²) in [5, 5.41) is 21.4. The SMILES string of the molecule is CC(=O)NCC(O)C(O)c1c(F)ccc(N)c1F. The molecule has 1 amide bonds. The van der Waals surface area contributed by atoms with Crippen LogP contribution in [0, 0.1) is 11.6 Å². The summed E-state index contributed by atoms with van der Waals surface area (Å²) in [6, 6.07) is 1.91. The second-order valence-corrected chi connectivity index (χ2v) is 3.81. The van der Waals surface area contributed by atoms with Gasteiger partial charge in [0.25, 0.3) is 0 Å². The van der Waals surface area contributed by atoms with E-state index < -0.39 is 35.3 Å². The molecule has 0 aromatic heterocycles. The van der Waals surface area contributed by atoms with Crippen LogP contribution >= 0.6 is 0 Å². The van der Waals surface area contributed by atoms with Crippen molar-refractivity contribution in [2.75, 3.05) is 12.3 Å². The van der Waals surface area contributed by atoms with Crippen LogP contribution in [-0.2, 0) is 4.79 Å². The Kier molecular flexibility index (Phi) is 4.57. The standard InChI is InChI=1S/C11H14F2N2O3/c1-5(16)15-4-8(17)11(18)9-6(12)2-3-7(14)10(9)13/h2-3,8,11,17-18H,4,14H2,1H3,(H,15,16). The molecule has 1 aromatic carbocycles. The fourth-order valence-electron chi connectivity index (χ4n) is 1.41. The van der Waals surface area contributed by atoms with Crippen molar-refractivity contribution in [3.8, 4) is 0 Å². The van der Waals surface area contributed by atoms with Crippen LogP contribution in [0.1, 0.15) is 18.6 Å². The lowest BCUT2D eigenvalue weighted by atomic mass is 10.0. The molecule has 0 saturated carbocycles. The molecular formula is C11H14F2N2O3. The normalized spacial score (nSPS) is 14.1. The Morgan fingerprint density at radius 3 is 2.61 bits per heavy atom. The molecule has 0 spiro atoms. The van der Waals surface area contributed by atoms with Gasteiger partial charge in [-0.2, -0.15) is 0 Å². The van der Waals surface area contributed by atoms with Gasteiger partial charge in [0.05, 0.1) is 11.3 Å². The Balaban J connectivity index is 2.92. The highest BCUT2D eigenvalue weighted by molar-refractivity contribution is 5.72. The van der Waals surface area contributed by atoms with Crippen molar-refractivity contribution >= 4 is 11.6 Å². The molecule has 1 rings (SSSR count). The summed E-state index contributed by atoms with van der Waals surface area (Å²) >= 11 is 0. The number of aliphatic hydroxyl groups is 2. The van der Waals surface area contributed by atoms with Crippen molar-refractivity contribution in [2.24, 2.45) is 0 Å². The quantitative estimate of drug-likeness (QED) is 0.576. The van der Waals surface area contributed by atoms with E-state index in [1.54, 1.807) is 0 Å². The molecule has 7 heteroatoms. The van der Waals surface area contributed by atoms with Gasteiger partial charge in [0.2, 0.25) is 5.91 Å². The molecule has 0 aliphatic carbocycles. The van der Waals surface area contributed by atoms with E-state index in [0.29, 0.717) is 0 Å². The number of nitrogens with one attached hydrogen (secondary N) is 1. The van der Waals surface area contributed by atoms with Crippen LogP contribution in [0.3, 0.4) is 0 Å². The molecule has 0 heterocycles. The minimum Gasteiger partial charge on any atom is -0.396 e. The number of hydrogen-bond acceptors (Lipinski definition) is 4. The second-order valence-electron chi connectivity index (χ2n) is 3.81. The molecule has 0 fully saturated rings. The summed E-state index contributed by atoms with van der Waals surface area (Å²) in [6.07, 6.45) is -3.36. The van der Waals surface area contributed by atoms with Gasteiger partial charge in [-0.1, -0.05) is 0 Å². The van der Waals surface area contributed by atoms with Crippen molar-refractivity contribution in [1.29, 1.82) is 0 Å². The lowest BCUT2D eigenvalue weighted by Crippen LogP contribution is -2.34. The summed E-state index contributed by atoms with van der Waals surface area (Å²) in [4.78, 5) is 10.6. The van der Waals surface area contributed by atoms with E-state index in [1.165, 1.54) is 6.92 Å². The molecule has 0 aliphatic heterocycles. The molecule has 0 radical (unpaired) electrons. The lowest BCUT2D eigenvalue weighted by Gasteiger charge is -2.19. The molecule has 18 heavy (non-hydrogen) atoms. The molecule has 0 aliphatic rings. The topological polar surface area (TPSA) is 95.6 Å². The lowest BCUT2D eigenvalue weighted by molar-refractivity contribution is -0.119. The molecule has 0 bridgehead atoms. The van der Waals surface area contributed by atoms with Crippen LogP contribution in [0.25, 0.3) is 0 Å². The number of hydrogen-bond donors (Lipinski definition) is 4. The van der Waals surface area contributed by atoms with Gasteiger partial charge < -0.3 is 21.3 Å². The van der Waals surface area contributed by atoms with Gasteiger partial charge in [-0.05, 0) is 12.1 Å². The smallest absolute Gasteiger partial charge is 0.216 e. The zero-order valence-corrected chi connectivity index (χ0v) is 9.65. The van der Waals surface area contributed by atoms with Gasteiger partial charge >= 0.3 is 0 Å². The third kappa shape index (κ3) is 3.14. The summed E-state index contributed by atoms with van der Waals surface area (Å²) in [7, 11) is 0. The second kappa shape index (κ2) is 5.74. The van der Waals surface area contributed by atoms with Crippen LogP contribution in [0.2, 0.25) is 0 Å². The van der Waals surface area contributed by atoms with Crippen molar-refractivity contribution in [2.45, 2.75) is 19.1 Å². The predicted molar refractivity (Wildman–Crippen MR) is 60.4 cm³/mol. The summed E-state index contributed by atoms with van der Waals surface area (Å²) in [6.45, 7) is 0.880. The minimum atomic E-state index is -1.82. The van der Waals surface area contributed by atoms with Crippen LogP contribution < -0.4 is 11.1 Å². The Hall–Kier alpha value is -1.73. The maximum Gasteiger partial charge on any atom is 0.216 e. The maximum atomic E-state index is 13.5. The van der Waals surface area contributed by atoms with Gasteiger partial charge in [0, 0.05) is 13.5 Å². The van der Waals surface area contributed by atoms with Crippen LogP contribution in [-0.4, -0.2) is 28.8 Å². The first-order chi connectivity index (χ1) is 8.34. The first kappa shape index (κ1) is 14.3. The first-order valence-electron chi connectivity index (χ1n) is 5.18. The number of amides is 1. The number of aliphatic hydroxyl groups excluding tert-OH is 2. The Labute approximate surface area is 102 Å². The third-order valence-corrected chi connectivity index (χ3v) is 2.38. The summed E-state index contributed by atoms with van der Waals surface area (Å²) in [5.41, 5.74) is 4.19. The van der Waals surface area contributed by atoms with E-state index in [9.17, 15) is 23.8 Å². The van der Waals surface area contributed by atoms with Gasteiger partial charge in [-0.3, -0.25) is 4.79 Å². The highest BCUT2D eigenvalue weighted by atomic mass is 19.1. The third-order valence-electron chi connectivity index (χ3n) is 2.38. The molecule has 5 nitrogen and oxygen atoms in total. The largest absolute Gasteiger partial charge is 0.396 e. The van der Waals surface area contributed by atoms with E-state index >= 15 is 0 Å². The number of carbonyl (C=O) groups excluding carboxylic acids is 1. The fraction of sp³-hybridized carbons (Fsp3) is 0.364. The zero-order chi connectivity index (χ0) is 13.9. The van der Waals surface area contributed by atoms with Gasteiger partial charge in [0.1, 0.15) is 18.0 Å². The van der Waals surface area contributed by atoms with E-state index in [1.807, 2.05) is 0 Å². The number of benzene rings is 1. The van der Waals surface area contributed by atoms with Crippen LogP contribution in [0.4, 0.5) is 14.5 Å². The number of nitrogens with two attached hydrogens (primary N) is 1. The van der Waals surface area contributed by atoms with Gasteiger partial charge in [0.15, 0.2) is 5.82 Å². The average Bonchev–Trinajstić information content (AvgIpc) is 2.31. The maximum absolute atomic E-state index is 13.5.